The third kappa shape index (κ3) is 2.18. The largest absolute Gasteiger partial charge is 0.382 e. The average Bonchev–Trinajstić information content (AvgIpc) is 2.41. The summed E-state index contributed by atoms with van der Waals surface area (Å²) in [5, 5.41) is 9.40. The van der Waals surface area contributed by atoms with Gasteiger partial charge in [-0.1, -0.05) is 0 Å². The van der Waals surface area contributed by atoms with Crippen LogP contribution in [0.4, 0.5) is 0 Å². The summed E-state index contributed by atoms with van der Waals surface area (Å²) < 4.78 is 20.3. The molecule has 0 radical (unpaired) electrons. The maximum Gasteiger partial charge on any atom is 0.184 e. The molecule has 5 nitrogen and oxygen atoms in total. The Kier molecular flexibility index (Phi) is 4.08. The summed E-state index contributed by atoms with van der Waals surface area (Å²) in [6.45, 7) is 0.384. The van der Waals surface area contributed by atoms with Crippen molar-refractivity contribution in [2.75, 3.05) is 27.9 Å². The molecule has 4 atom stereocenters. The first-order valence-electron chi connectivity index (χ1n) is 4.12. The van der Waals surface area contributed by atoms with Crippen LogP contribution < -0.4 is 0 Å². The van der Waals surface area contributed by atoms with Gasteiger partial charge in [-0.25, -0.2) is 0 Å². The topological polar surface area (TPSA) is 57.2 Å². The Morgan fingerprint density at radius 1 is 1.15 bits per heavy atom. The monoisotopic (exact) mass is 192 g/mol. The molecule has 1 N–H and O–H groups in total. The molecule has 0 bridgehead atoms. The van der Waals surface area contributed by atoms with Crippen LogP contribution in [-0.2, 0) is 18.9 Å². The summed E-state index contributed by atoms with van der Waals surface area (Å²) in [6, 6.07) is 0. The zero-order chi connectivity index (χ0) is 9.84. The maximum atomic E-state index is 9.40. The lowest BCUT2D eigenvalue weighted by Gasteiger charge is -2.19. The minimum absolute atomic E-state index is 0.269. The van der Waals surface area contributed by atoms with Gasteiger partial charge in [0.15, 0.2) is 6.29 Å². The van der Waals surface area contributed by atoms with Gasteiger partial charge in [-0.2, -0.15) is 0 Å². The molecule has 1 unspecified atom stereocenters. The van der Waals surface area contributed by atoms with Crippen molar-refractivity contribution >= 4 is 0 Å². The molecule has 0 spiro atoms. The highest BCUT2D eigenvalue weighted by atomic mass is 16.7. The minimum Gasteiger partial charge on any atom is -0.382 e. The van der Waals surface area contributed by atoms with Gasteiger partial charge in [0.05, 0.1) is 6.61 Å². The van der Waals surface area contributed by atoms with E-state index >= 15 is 0 Å². The third-order valence-electron chi connectivity index (χ3n) is 2.16. The first-order chi connectivity index (χ1) is 6.24. The van der Waals surface area contributed by atoms with Gasteiger partial charge in [-0.15, -0.1) is 0 Å². The molecule has 0 saturated carbocycles. The molecule has 78 valence electrons. The summed E-state index contributed by atoms with van der Waals surface area (Å²) in [6.07, 6.45) is -1.92. The van der Waals surface area contributed by atoms with Crippen LogP contribution in [0.2, 0.25) is 0 Å². The minimum atomic E-state index is -0.935. The van der Waals surface area contributed by atoms with Crippen LogP contribution in [0.25, 0.3) is 0 Å². The van der Waals surface area contributed by atoms with Crippen molar-refractivity contribution in [3.05, 3.63) is 0 Å². The van der Waals surface area contributed by atoms with E-state index in [4.69, 9.17) is 18.9 Å². The summed E-state index contributed by atoms with van der Waals surface area (Å²) >= 11 is 0. The molecule has 1 heterocycles. The van der Waals surface area contributed by atoms with Crippen molar-refractivity contribution in [3.63, 3.8) is 0 Å². The number of ether oxygens (including phenoxy) is 4. The van der Waals surface area contributed by atoms with Crippen LogP contribution in [-0.4, -0.2) is 57.6 Å². The van der Waals surface area contributed by atoms with Crippen molar-refractivity contribution < 1.29 is 24.1 Å². The highest BCUT2D eigenvalue weighted by Gasteiger charge is 2.44. The van der Waals surface area contributed by atoms with E-state index in [0.29, 0.717) is 6.61 Å². The normalized spacial score (nSPS) is 39.7. The van der Waals surface area contributed by atoms with Crippen molar-refractivity contribution in [1.82, 2.24) is 0 Å². The SMILES string of the molecule is COC[C@H]1OC(O)[C@@H](OC)[C@@H]1OC. The zero-order valence-corrected chi connectivity index (χ0v) is 8.10. The van der Waals surface area contributed by atoms with Gasteiger partial charge in [-0.3, -0.25) is 0 Å². The Hall–Kier alpha value is -0.200. The molecule has 0 aromatic rings. The molecular weight excluding hydrogens is 176 g/mol. The predicted molar refractivity (Wildman–Crippen MR) is 44.3 cm³/mol. The van der Waals surface area contributed by atoms with Gasteiger partial charge in [-0.05, 0) is 0 Å². The molecule has 0 aliphatic carbocycles. The van der Waals surface area contributed by atoms with E-state index in [1.807, 2.05) is 0 Å². The van der Waals surface area contributed by atoms with E-state index in [1.54, 1.807) is 14.2 Å². The molecule has 0 aromatic heterocycles. The Morgan fingerprint density at radius 2 is 1.77 bits per heavy atom. The lowest BCUT2D eigenvalue weighted by Crippen LogP contribution is -2.37. The summed E-state index contributed by atoms with van der Waals surface area (Å²) in [5.74, 6) is 0. The van der Waals surface area contributed by atoms with Gasteiger partial charge in [0.1, 0.15) is 18.3 Å². The number of hydrogen-bond donors (Lipinski definition) is 1. The molecule has 1 saturated heterocycles. The highest BCUT2D eigenvalue weighted by Crippen LogP contribution is 2.24. The van der Waals surface area contributed by atoms with Crippen molar-refractivity contribution in [1.29, 1.82) is 0 Å². The van der Waals surface area contributed by atoms with Crippen LogP contribution in [0, 0.1) is 0 Å². The number of rotatable bonds is 4. The average molecular weight is 192 g/mol. The van der Waals surface area contributed by atoms with E-state index in [0.717, 1.165) is 0 Å². The molecule has 13 heavy (non-hydrogen) atoms. The molecular formula is C8H16O5. The second-order valence-electron chi connectivity index (χ2n) is 2.92. The first kappa shape index (κ1) is 10.9. The fourth-order valence-corrected chi connectivity index (χ4v) is 1.54. The van der Waals surface area contributed by atoms with E-state index in [-0.39, 0.29) is 12.2 Å². The van der Waals surface area contributed by atoms with Crippen LogP contribution in [0.5, 0.6) is 0 Å². The van der Waals surface area contributed by atoms with E-state index < -0.39 is 12.4 Å². The first-order valence-corrected chi connectivity index (χ1v) is 4.12. The number of methoxy groups -OCH3 is 3. The van der Waals surface area contributed by atoms with Gasteiger partial charge < -0.3 is 24.1 Å². The Balaban J connectivity index is 2.57. The van der Waals surface area contributed by atoms with Gasteiger partial charge >= 0.3 is 0 Å². The second-order valence-corrected chi connectivity index (χ2v) is 2.92. The fraction of sp³-hybridized carbons (Fsp3) is 1.00. The van der Waals surface area contributed by atoms with Crippen LogP contribution >= 0.6 is 0 Å². The standard InChI is InChI=1S/C8H16O5/c1-10-4-5-6(11-2)7(12-3)8(9)13-5/h5-9H,4H2,1-3H3/t5-,6-,7+,8?/m1/s1. The van der Waals surface area contributed by atoms with Crippen LogP contribution in [0.15, 0.2) is 0 Å². The maximum absolute atomic E-state index is 9.40. The van der Waals surface area contributed by atoms with E-state index in [2.05, 4.69) is 0 Å². The molecule has 0 amide bonds. The highest BCUT2D eigenvalue weighted by molar-refractivity contribution is 4.88. The Bertz CT molecular complexity index is 151. The molecule has 1 fully saturated rings. The third-order valence-corrected chi connectivity index (χ3v) is 2.16. The fourth-order valence-electron chi connectivity index (χ4n) is 1.54. The van der Waals surface area contributed by atoms with Crippen LogP contribution in [0.1, 0.15) is 0 Å². The summed E-state index contributed by atoms with van der Waals surface area (Å²) in [4.78, 5) is 0. The number of aliphatic hydroxyl groups excluding tert-OH is 1. The van der Waals surface area contributed by atoms with E-state index in [9.17, 15) is 5.11 Å². The lowest BCUT2D eigenvalue weighted by molar-refractivity contribution is -0.141. The molecule has 5 heteroatoms. The summed E-state index contributed by atoms with van der Waals surface area (Å²) in [5.41, 5.74) is 0. The Labute approximate surface area is 77.5 Å². The quantitative estimate of drug-likeness (QED) is 0.643. The van der Waals surface area contributed by atoms with Crippen molar-refractivity contribution in [3.8, 4) is 0 Å². The number of hydrogen-bond acceptors (Lipinski definition) is 5. The molecule has 1 aliphatic heterocycles. The smallest absolute Gasteiger partial charge is 0.184 e. The lowest BCUT2D eigenvalue weighted by atomic mass is 10.1. The van der Waals surface area contributed by atoms with Crippen molar-refractivity contribution in [2.24, 2.45) is 0 Å². The van der Waals surface area contributed by atoms with E-state index in [1.165, 1.54) is 7.11 Å². The van der Waals surface area contributed by atoms with Crippen molar-refractivity contribution in [2.45, 2.75) is 24.6 Å². The zero-order valence-electron chi connectivity index (χ0n) is 8.10. The van der Waals surface area contributed by atoms with Gasteiger partial charge in [0.2, 0.25) is 0 Å². The molecule has 1 rings (SSSR count). The predicted octanol–water partition coefficient (Wildman–Crippen LogP) is -0.620. The summed E-state index contributed by atoms with van der Waals surface area (Å²) in [7, 11) is 4.64. The Morgan fingerprint density at radius 3 is 2.23 bits per heavy atom. The molecule has 0 aromatic carbocycles. The van der Waals surface area contributed by atoms with Gasteiger partial charge in [0, 0.05) is 21.3 Å². The number of aliphatic hydroxyl groups is 1. The van der Waals surface area contributed by atoms with Crippen LogP contribution in [0.3, 0.4) is 0 Å². The second kappa shape index (κ2) is 4.88. The van der Waals surface area contributed by atoms with Gasteiger partial charge in [0.25, 0.3) is 0 Å². The molecule has 1 aliphatic rings.